The normalized spacial score (nSPS) is 11.4. The summed E-state index contributed by atoms with van der Waals surface area (Å²) in [5, 5.41) is 5.61. The number of nitrogens with zero attached hydrogens (tertiary/aromatic N) is 5. The molecule has 0 radical (unpaired) electrons. The summed E-state index contributed by atoms with van der Waals surface area (Å²) in [7, 11) is 0. The zero-order chi connectivity index (χ0) is 38.4. The van der Waals surface area contributed by atoms with Crippen molar-refractivity contribution >= 4 is 43.5 Å². The van der Waals surface area contributed by atoms with Crippen molar-refractivity contribution in [1.82, 2.24) is 24.9 Å². The molecule has 0 atom stereocenters. The van der Waals surface area contributed by atoms with Crippen LogP contribution >= 0.6 is 0 Å². The van der Waals surface area contributed by atoms with Gasteiger partial charge in [0.1, 0.15) is 0 Å². The first-order valence-corrected chi connectivity index (χ1v) is 19.4. The van der Waals surface area contributed by atoms with Crippen molar-refractivity contribution in [1.29, 1.82) is 0 Å². The number of hydrogen-bond acceptors (Lipinski definition) is 5. The van der Waals surface area contributed by atoms with Crippen LogP contribution in [0.4, 0.5) is 0 Å². The summed E-state index contributed by atoms with van der Waals surface area (Å²) in [6.07, 6.45) is 0. The molecule has 4 heterocycles. The van der Waals surface area contributed by atoms with Gasteiger partial charge in [-0.3, -0.25) is 0 Å². The van der Waals surface area contributed by atoms with Crippen LogP contribution in [-0.4, -0.2) is 24.9 Å². The fourth-order valence-electron chi connectivity index (χ4n) is 7.78. The summed E-state index contributed by atoms with van der Waals surface area (Å²) in [5.74, 6) is 0.700. The first-order chi connectivity index (χ1) is 28.7. The molecule has 5 heteroatoms. The summed E-state index contributed by atoms with van der Waals surface area (Å²) in [4.78, 5) is 25.3. The molecule has 58 heavy (non-hydrogen) atoms. The first kappa shape index (κ1) is 33.4. The molecule has 0 aliphatic rings. The second kappa shape index (κ2) is 14.0. The van der Waals surface area contributed by atoms with E-state index in [1.807, 2.05) is 48.5 Å². The number of fused-ring (bicyclic) bond motifs is 5. The molecule has 4 aromatic heterocycles. The third kappa shape index (κ3) is 6.21. The zero-order valence-electron chi connectivity index (χ0n) is 31.3. The quantitative estimate of drug-likeness (QED) is 0.159. The van der Waals surface area contributed by atoms with Crippen LogP contribution in [0.5, 0.6) is 0 Å². The largest absolute Gasteiger partial charge is 0.248 e. The lowest BCUT2D eigenvalue weighted by atomic mass is 10.0. The van der Waals surface area contributed by atoms with Crippen molar-refractivity contribution in [3.8, 4) is 67.7 Å². The Kier molecular flexibility index (Phi) is 8.07. The van der Waals surface area contributed by atoms with E-state index >= 15 is 0 Å². The minimum absolute atomic E-state index is 0.700. The van der Waals surface area contributed by atoms with Crippen molar-refractivity contribution in [2.45, 2.75) is 0 Å². The van der Waals surface area contributed by atoms with Gasteiger partial charge in [0.2, 0.25) is 0 Å². The molecule has 0 amide bonds. The fourth-order valence-corrected chi connectivity index (χ4v) is 7.78. The van der Waals surface area contributed by atoms with Gasteiger partial charge >= 0.3 is 0 Å². The van der Waals surface area contributed by atoms with E-state index in [4.69, 9.17) is 24.9 Å². The lowest BCUT2D eigenvalue weighted by molar-refractivity contribution is 1.18. The minimum atomic E-state index is 0.700. The van der Waals surface area contributed by atoms with Crippen LogP contribution in [0.25, 0.3) is 111 Å². The van der Waals surface area contributed by atoms with Gasteiger partial charge < -0.3 is 0 Å². The molecular formula is C53H33N5. The van der Waals surface area contributed by atoms with Crippen molar-refractivity contribution in [3.63, 3.8) is 0 Å². The predicted molar refractivity (Wildman–Crippen MR) is 238 cm³/mol. The summed E-state index contributed by atoms with van der Waals surface area (Å²) < 4.78 is 0. The second-order valence-corrected chi connectivity index (χ2v) is 14.5. The van der Waals surface area contributed by atoms with Crippen molar-refractivity contribution in [2.75, 3.05) is 0 Å². The van der Waals surface area contributed by atoms with Gasteiger partial charge in [-0.15, -0.1) is 0 Å². The average molecular weight is 740 g/mol. The van der Waals surface area contributed by atoms with Gasteiger partial charge in [-0.05, 0) is 52.9 Å². The highest BCUT2D eigenvalue weighted by atomic mass is 14.9. The molecule has 5 nitrogen and oxygen atoms in total. The van der Waals surface area contributed by atoms with E-state index in [0.29, 0.717) is 5.82 Å². The van der Waals surface area contributed by atoms with Crippen LogP contribution in [-0.2, 0) is 0 Å². The van der Waals surface area contributed by atoms with Crippen molar-refractivity contribution in [3.05, 3.63) is 200 Å². The molecule has 0 fully saturated rings. The molecule has 0 aliphatic heterocycles. The van der Waals surface area contributed by atoms with Gasteiger partial charge in [0.25, 0.3) is 0 Å². The van der Waals surface area contributed by atoms with E-state index in [9.17, 15) is 0 Å². The molecule has 0 saturated carbocycles. The van der Waals surface area contributed by atoms with Crippen LogP contribution in [0.2, 0.25) is 0 Å². The van der Waals surface area contributed by atoms with Gasteiger partial charge in [-0.1, -0.05) is 164 Å². The maximum absolute atomic E-state index is 5.15. The van der Waals surface area contributed by atoms with E-state index in [1.165, 1.54) is 5.39 Å². The second-order valence-electron chi connectivity index (χ2n) is 14.5. The van der Waals surface area contributed by atoms with Crippen LogP contribution in [0.15, 0.2) is 200 Å². The Morgan fingerprint density at radius 3 is 1.36 bits per heavy atom. The van der Waals surface area contributed by atoms with Crippen LogP contribution in [0.3, 0.4) is 0 Å². The molecule has 0 spiro atoms. The Bertz CT molecular complexity index is 3270. The Morgan fingerprint density at radius 1 is 0.241 bits per heavy atom. The highest BCUT2D eigenvalue weighted by Gasteiger charge is 2.13. The molecule has 7 aromatic carbocycles. The molecule has 0 bridgehead atoms. The Labute approximate surface area is 335 Å². The zero-order valence-corrected chi connectivity index (χ0v) is 31.3. The Morgan fingerprint density at radius 2 is 0.690 bits per heavy atom. The lowest BCUT2D eigenvalue weighted by Gasteiger charge is -2.10. The highest BCUT2D eigenvalue weighted by molar-refractivity contribution is 6.05. The topological polar surface area (TPSA) is 64.5 Å². The molecule has 0 N–H and O–H groups in total. The predicted octanol–water partition coefficient (Wildman–Crippen LogP) is 13.3. The molecule has 0 unspecified atom stereocenters. The van der Waals surface area contributed by atoms with Crippen molar-refractivity contribution < 1.29 is 0 Å². The van der Waals surface area contributed by atoms with Gasteiger partial charge in [0.15, 0.2) is 5.82 Å². The maximum Gasteiger partial charge on any atom is 0.160 e. The SMILES string of the molecule is c1ccc(-c2cc(-c3ccc(-c4ccc5ccc(-c6ccc7ccc(-c8ccc9ccc%10ccccc%10c9n8)nc7c6)cc5n4)cc3)nc(-c3ccccc3)n2)cc1. The minimum Gasteiger partial charge on any atom is -0.248 e. The van der Waals surface area contributed by atoms with E-state index < -0.39 is 0 Å². The Hall–Kier alpha value is -7.89. The van der Waals surface area contributed by atoms with Gasteiger partial charge in [-0.25, -0.2) is 24.9 Å². The Balaban J connectivity index is 0.908. The van der Waals surface area contributed by atoms with E-state index in [1.54, 1.807) is 0 Å². The van der Waals surface area contributed by atoms with Gasteiger partial charge in [0.05, 0.1) is 45.0 Å². The summed E-state index contributed by atoms with van der Waals surface area (Å²) in [6, 6.07) is 69.2. The first-order valence-electron chi connectivity index (χ1n) is 19.4. The van der Waals surface area contributed by atoms with Gasteiger partial charge in [0, 0.05) is 43.8 Å². The molecule has 0 saturated heterocycles. The van der Waals surface area contributed by atoms with Crippen LogP contribution in [0, 0.1) is 0 Å². The molecule has 0 aliphatic carbocycles. The summed E-state index contributed by atoms with van der Waals surface area (Å²) in [6.45, 7) is 0. The standard InChI is InChI=1S/C53H33N5/c1-3-10-35(11-4-1)50-33-51(58-53(57-50)41-12-5-2-6-13-41)37-18-16-36(17-19-37)45-28-25-38-20-23-42(31-48(38)54-45)43-24-21-39-26-29-46(55-49(39)32-43)47-30-27-40-22-15-34-9-7-8-14-44(34)52(40)56-47/h1-33H. The summed E-state index contributed by atoms with van der Waals surface area (Å²) >= 11 is 0. The lowest BCUT2D eigenvalue weighted by Crippen LogP contribution is -1.96. The number of hydrogen-bond donors (Lipinski definition) is 0. The van der Waals surface area contributed by atoms with E-state index in [2.05, 4.69) is 152 Å². The number of aromatic nitrogens is 5. The third-order valence-corrected chi connectivity index (χ3v) is 10.9. The summed E-state index contributed by atoms with van der Waals surface area (Å²) in [5.41, 5.74) is 13.5. The number of rotatable bonds is 6. The highest BCUT2D eigenvalue weighted by Crippen LogP contribution is 2.33. The molecule has 11 aromatic rings. The smallest absolute Gasteiger partial charge is 0.160 e. The van der Waals surface area contributed by atoms with Crippen molar-refractivity contribution in [2.24, 2.45) is 0 Å². The fraction of sp³-hybridized carbons (Fsp3) is 0. The van der Waals surface area contributed by atoms with E-state index in [-0.39, 0.29) is 0 Å². The molecule has 270 valence electrons. The average Bonchev–Trinajstić information content (AvgIpc) is 3.31. The third-order valence-electron chi connectivity index (χ3n) is 10.9. The van der Waals surface area contributed by atoms with E-state index in [0.717, 1.165) is 99.9 Å². The monoisotopic (exact) mass is 739 g/mol. The van der Waals surface area contributed by atoms with Gasteiger partial charge in [-0.2, -0.15) is 0 Å². The van der Waals surface area contributed by atoms with Crippen LogP contribution in [0.1, 0.15) is 0 Å². The van der Waals surface area contributed by atoms with Crippen LogP contribution < -0.4 is 0 Å². The molecule has 11 rings (SSSR count). The number of benzene rings is 7. The molecular weight excluding hydrogens is 707 g/mol. The number of pyridine rings is 3. The maximum atomic E-state index is 5.15.